The summed E-state index contributed by atoms with van der Waals surface area (Å²) in [5, 5.41) is 3.33. The van der Waals surface area contributed by atoms with E-state index in [2.05, 4.69) is 5.32 Å². The molecule has 4 aromatic rings. The summed E-state index contributed by atoms with van der Waals surface area (Å²) in [6.45, 7) is 0.435. The van der Waals surface area contributed by atoms with Crippen molar-refractivity contribution in [2.24, 2.45) is 0 Å². The van der Waals surface area contributed by atoms with Crippen LogP contribution in [0, 0.1) is 0 Å². The normalized spacial score (nSPS) is 11.2. The zero-order valence-electron chi connectivity index (χ0n) is 18.0. The van der Waals surface area contributed by atoms with Crippen molar-refractivity contribution in [2.45, 2.75) is 17.2 Å². The molecule has 0 amide bonds. The zero-order chi connectivity index (χ0) is 23.3. The minimum Gasteiger partial charge on any atom is -0.472 e. The Morgan fingerprint density at radius 2 is 1.64 bits per heavy atom. The molecule has 0 spiro atoms. The average Bonchev–Trinajstić information content (AvgIpc) is 3.38. The van der Waals surface area contributed by atoms with E-state index in [1.807, 2.05) is 30.3 Å². The highest BCUT2D eigenvalue weighted by molar-refractivity contribution is 7.90. The Morgan fingerprint density at radius 1 is 0.939 bits per heavy atom. The van der Waals surface area contributed by atoms with Gasteiger partial charge in [-0.05, 0) is 29.3 Å². The van der Waals surface area contributed by atoms with Crippen LogP contribution in [0.3, 0.4) is 0 Å². The van der Waals surface area contributed by atoms with Gasteiger partial charge in [0.15, 0.2) is 9.84 Å². The molecule has 0 radical (unpaired) electrons. The molecule has 7 heteroatoms. The summed E-state index contributed by atoms with van der Waals surface area (Å²) in [5.74, 6) is -0.957. The Kier molecular flexibility index (Phi) is 6.60. The maximum Gasteiger partial charge on any atom is 0.340 e. The highest BCUT2D eigenvalue weighted by Gasteiger charge is 2.25. The molecule has 168 valence electrons. The molecule has 4 rings (SSSR count). The number of carbonyl (C=O) groups excluding carboxylic acids is 1. The van der Waals surface area contributed by atoms with Gasteiger partial charge in [-0.25, -0.2) is 13.2 Å². The Balaban J connectivity index is 1.82. The minimum atomic E-state index is -3.68. The minimum absolute atomic E-state index is 0.187. The standard InChI is InChI=1S/C26H23NO5S/c1-31-26(28)24-21(18-33(29,30)22-10-6-3-7-11-22)12-13-23(20-14-15-32-17-20)25(24)27-16-19-8-4-2-5-9-19/h2-15,17,27H,16,18H2,1H3. The average molecular weight is 462 g/mol. The Bertz CT molecular complexity index is 1330. The monoisotopic (exact) mass is 461 g/mol. The van der Waals surface area contributed by atoms with Crippen LogP contribution in [-0.4, -0.2) is 21.5 Å². The van der Waals surface area contributed by atoms with Crippen molar-refractivity contribution in [3.05, 3.63) is 108 Å². The van der Waals surface area contributed by atoms with Crippen molar-refractivity contribution in [1.29, 1.82) is 0 Å². The number of nitrogens with one attached hydrogen (secondary N) is 1. The van der Waals surface area contributed by atoms with Crippen LogP contribution >= 0.6 is 0 Å². The molecule has 0 aliphatic carbocycles. The first-order valence-electron chi connectivity index (χ1n) is 10.3. The summed E-state index contributed by atoms with van der Waals surface area (Å²) in [5.41, 5.74) is 3.51. The first kappa shape index (κ1) is 22.4. The second-order valence-corrected chi connectivity index (χ2v) is 9.43. The topological polar surface area (TPSA) is 85.6 Å². The van der Waals surface area contributed by atoms with Crippen molar-refractivity contribution < 1.29 is 22.4 Å². The molecular formula is C26H23NO5S. The summed E-state index contributed by atoms with van der Waals surface area (Å²) < 4.78 is 36.5. The van der Waals surface area contributed by atoms with Crippen LogP contribution in [0.4, 0.5) is 5.69 Å². The van der Waals surface area contributed by atoms with E-state index in [0.29, 0.717) is 23.4 Å². The molecule has 0 aliphatic rings. The molecule has 3 aromatic carbocycles. The molecule has 0 atom stereocenters. The van der Waals surface area contributed by atoms with Crippen LogP contribution < -0.4 is 5.32 Å². The zero-order valence-corrected chi connectivity index (χ0v) is 18.8. The summed E-state index contributed by atoms with van der Waals surface area (Å²) in [7, 11) is -2.40. The third-order valence-electron chi connectivity index (χ3n) is 5.27. The molecule has 0 saturated heterocycles. The maximum atomic E-state index is 13.1. The van der Waals surface area contributed by atoms with Crippen molar-refractivity contribution in [3.8, 4) is 11.1 Å². The quantitative estimate of drug-likeness (QED) is 0.358. The molecule has 0 unspecified atom stereocenters. The molecule has 33 heavy (non-hydrogen) atoms. The van der Waals surface area contributed by atoms with E-state index in [4.69, 9.17) is 9.15 Å². The fourth-order valence-electron chi connectivity index (χ4n) is 3.65. The molecule has 1 aromatic heterocycles. The van der Waals surface area contributed by atoms with Crippen molar-refractivity contribution in [1.82, 2.24) is 0 Å². The van der Waals surface area contributed by atoms with Crippen molar-refractivity contribution in [2.75, 3.05) is 12.4 Å². The van der Waals surface area contributed by atoms with E-state index < -0.39 is 15.8 Å². The Morgan fingerprint density at radius 3 is 2.27 bits per heavy atom. The predicted octanol–water partition coefficient (Wildman–Crippen LogP) is 5.32. The van der Waals surface area contributed by atoms with Gasteiger partial charge < -0.3 is 14.5 Å². The largest absolute Gasteiger partial charge is 0.472 e. The molecule has 6 nitrogen and oxygen atoms in total. The highest BCUT2D eigenvalue weighted by atomic mass is 32.2. The van der Waals surface area contributed by atoms with Gasteiger partial charge >= 0.3 is 5.97 Å². The number of ether oxygens (including phenoxy) is 1. The summed E-state index contributed by atoms with van der Waals surface area (Å²) >= 11 is 0. The van der Waals surface area contributed by atoms with Gasteiger partial charge in [0.1, 0.15) is 0 Å². The van der Waals surface area contributed by atoms with E-state index in [1.54, 1.807) is 61.1 Å². The number of carbonyl (C=O) groups is 1. The van der Waals surface area contributed by atoms with Gasteiger partial charge in [-0.3, -0.25) is 0 Å². The van der Waals surface area contributed by atoms with E-state index in [1.165, 1.54) is 7.11 Å². The van der Waals surface area contributed by atoms with E-state index in [-0.39, 0.29) is 16.2 Å². The van der Waals surface area contributed by atoms with Gasteiger partial charge in [0.2, 0.25) is 0 Å². The fourth-order valence-corrected chi connectivity index (χ4v) is 5.03. The van der Waals surface area contributed by atoms with Gasteiger partial charge in [-0.1, -0.05) is 60.7 Å². The Labute approximate surface area is 192 Å². The van der Waals surface area contributed by atoms with Crippen LogP contribution in [0.2, 0.25) is 0 Å². The van der Waals surface area contributed by atoms with Gasteiger partial charge in [-0.15, -0.1) is 0 Å². The second kappa shape index (κ2) is 9.75. The summed E-state index contributed by atoms with van der Waals surface area (Å²) in [4.78, 5) is 13.1. The van der Waals surface area contributed by atoms with Crippen LogP contribution in [0.5, 0.6) is 0 Å². The van der Waals surface area contributed by atoms with Crippen LogP contribution in [0.25, 0.3) is 11.1 Å². The van der Waals surface area contributed by atoms with Crippen LogP contribution in [0.1, 0.15) is 21.5 Å². The van der Waals surface area contributed by atoms with E-state index in [9.17, 15) is 13.2 Å². The van der Waals surface area contributed by atoms with Crippen molar-refractivity contribution in [3.63, 3.8) is 0 Å². The van der Waals surface area contributed by atoms with Crippen LogP contribution in [-0.2, 0) is 26.9 Å². The number of furan rings is 1. The maximum absolute atomic E-state index is 13.1. The van der Waals surface area contributed by atoms with Gasteiger partial charge in [0.05, 0.1) is 41.5 Å². The number of esters is 1. The number of rotatable bonds is 8. The molecule has 0 saturated carbocycles. The first-order chi connectivity index (χ1) is 16.0. The molecular weight excluding hydrogens is 438 g/mol. The number of methoxy groups -OCH3 is 1. The van der Waals surface area contributed by atoms with E-state index >= 15 is 0 Å². The van der Waals surface area contributed by atoms with Gasteiger partial charge in [0, 0.05) is 17.7 Å². The number of benzene rings is 3. The fraction of sp³-hybridized carbons (Fsp3) is 0.115. The van der Waals surface area contributed by atoms with Gasteiger partial charge in [0.25, 0.3) is 0 Å². The third-order valence-corrected chi connectivity index (χ3v) is 6.95. The lowest BCUT2D eigenvalue weighted by Crippen LogP contribution is -2.15. The molecule has 0 bridgehead atoms. The smallest absolute Gasteiger partial charge is 0.340 e. The molecule has 0 fully saturated rings. The number of hydrogen-bond donors (Lipinski definition) is 1. The second-order valence-electron chi connectivity index (χ2n) is 7.44. The number of anilines is 1. The Hall–Kier alpha value is -3.84. The summed E-state index contributed by atoms with van der Waals surface area (Å²) in [6.07, 6.45) is 3.12. The molecule has 0 aliphatic heterocycles. The lowest BCUT2D eigenvalue weighted by molar-refractivity contribution is 0.0601. The van der Waals surface area contributed by atoms with Gasteiger partial charge in [-0.2, -0.15) is 0 Å². The SMILES string of the molecule is COC(=O)c1c(CS(=O)(=O)c2ccccc2)ccc(-c2ccoc2)c1NCc1ccccc1. The lowest BCUT2D eigenvalue weighted by Gasteiger charge is -2.19. The lowest BCUT2D eigenvalue weighted by atomic mass is 9.97. The third kappa shape index (κ3) is 4.99. The van der Waals surface area contributed by atoms with Crippen LogP contribution in [0.15, 0.2) is 101 Å². The van der Waals surface area contributed by atoms with Crippen molar-refractivity contribution >= 4 is 21.5 Å². The number of hydrogen-bond acceptors (Lipinski definition) is 6. The highest BCUT2D eigenvalue weighted by Crippen LogP contribution is 2.36. The predicted molar refractivity (Wildman–Crippen MR) is 127 cm³/mol. The number of sulfone groups is 1. The molecule has 1 N–H and O–H groups in total. The summed E-state index contributed by atoms with van der Waals surface area (Å²) in [6, 6.07) is 23.1. The first-order valence-corrected chi connectivity index (χ1v) is 12.0. The van der Waals surface area contributed by atoms with E-state index in [0.717, 1.165) is 11.1 Å². The molecule has 1 heterocycles.